The van der Waals surface area contributed by atoms with E-state index in [-0.39, 0.29) is 23.8 Å². The van der Waals surface area contributed by atoms with Crippen LogP contribution < -0.4 is 40.2 Å². The zero-order valence-electron chi connectivity index (χ0n) is 40.7. The average Bonchev–Trinajstić information content (AvgIpc) is 4.17. The Morgan fingerprint density at radius 2 is 1.22 bits per heavy atom. The van der Waals surface area contributed by atoms with Crippen molar-refractivity contribution >= 4 is 51.6 Å². The van der Waals surface area contributed by atoms with Crippen molar-refractivity contribution in [1.82, 2.24) is 10.3 Å². The van der Waals surface area contributed by atoms with E-state index in [0.29, 0.717) is 88.7 Å². The van der Waals surface area contributed by atoms with Gasteiger partial charge < -0.3 is 54.1 Å². The van der Waals surface area contributed by atoms with Crippen LogP contribution in [0.2, 0.25) is 0 Å². The zero-order valence-corrected chi connectivity index (χ0v) is 40.7. The van der Waals surface area contributed by atoms with Crippen LogP contribution in [0.4, 0.5) is 21.9 Å². The number of ether oxygens (including phenoxy) is 6. The van der Waals surface area contributed by atoms with Gasteiger partial charge in [-0.3, -0.25) is 14.4 Å². The third-order valence-corrected chi connectivity index (χ3v) is 11.3. The summed E-state index contributed by atoms with van der Waals surface area (Å²) < 4.78 is 36.8. The van der Waals surface area contributed by atoms with Gasteiger partial charge in [-0.05, 0) is 95.6 Å². The summed E-state index contributed by atoms with van der Waals surface area (Å²) in [5.41, 5.74) is 5.16. The van der Waals surface area contributed by atoms with E-state index >= 15 is 0 Å². The number of aromatic nitrogens is 1. The Labute approximate surface area is 422 Å². The lowest BCUT2D eigenvalue weighted by atomic mass is 10.1. The lowest BCUT2D eigenvalue weighted by Gasteiger charge is -2.12. The number of methoxy groups -OCH3 is 4. The van der Waals surface area contributed by atoms with Crippen molar-refractivity contribution < 1.29 is 52.0 Å². The molecule has 7 aromatic carbocycles. The minimum atomic E-state index is -0.456. The van der Waals surface area contributed by atoms with Crippen LogP contribution in [0, 0.1) is 0 Å². The van der Waals surface area contributed by atoms with Crippen molar-refractivity contribution in [3.63, 3.8) is 0 Å². The molecule has 1 aliphatic heterocycles. The number of carbonyl (C=O) groups is 4. The third-order valence-electron chi connectivity index (χ3n) is 11.3. The van der Waals surface area contributed by atoms with Gasteiger partial charge in [0.15, 0.2) is 12.2 Å². The van der Waals surface area contributed by atoms with Gasteiger partial charge in [0.25, 0.3) is 17.7 Å². The maximum atomic E-state index is 12.8. The highest BCUT2D eigenvalue weighted by Gasteiger charge is 2.20. The van der Waals surface area contributed by atoms with Crippen LogP contribution in [-0.2, 0) is 15.9 Å². The highest BCUT2D eigenvalue weighted by atomic mass is 16.6. The Morgan fingerprint density at radius 3 is 1.89 bits per heavy atom. The smallest absolute Gasteiger partial charge is 0.407 e. The Kier molecular flexibility index (Phi) is 18.5. The highest BCUT2D eigenvalue weighted by Crippen LogP contribution is 2.33. The average molecular weight is 986 g/mol. The number of hydrogen-bond acceptors (Lipinski definition) is 12. The molecule has 1 aliphatic rings. The molecule has 0 spiro atoms. The molecule has 73 heavy (non-hydrogen) atoms. The molecule has 0 radical (unpaired) electrons. The van der Waals surface area contributed by atoms with Gasteiger partial charge in [-0.1, -0.05) is 78.9 Å². The SMILES string of the molecule is COc1cc(NC(=O)c2cccc(CCNC(=O)O[C@H]3CCOC3)c2)ccc1-c1cnco1.COc1ccccc1NC(=O)c1ccc2ccccc2c1.COc1ccccc1NC(=O)c1ccccc1OC. The molecule has 9 rings (SSSR count). The van der Waals surface area contributed by atoms with E-state index < -0.39 is 6.09 Å². The first-order chi connectivity index (χ1) is 35.7. The van der Waals surface area contributed by atoms with Crippen molar-refractivity contribution in [3.05, 3.63) is 193 Å². The van der Waals surface area contributed by atoms with Crippen LogP contribution in [-0.4, -0.2) is 83.1 Å². The van der Waals surface area contributed by atoms with Crippen LogP contribution in [0.25, 0.3) is 22.1 Å². The number of nitrogens with one attached hydrogen (secondary N) is 4. The number of nitrogens with zero attached hydrogens (tertiary/aromatic N) is 1. The van der Waals surface area contributed by atoms with E-state index in [2.05, 4.69) is 26.3 Å². The summed E-state index contributed by atoms with van der Waals surface area (Å²) in [4.78, 5) is 53.1. The normalized spacial score (nSPS) is 12.4. The van der Waals surface area contributed by atoms with E-state index in [1.807, 2.05) is 97.1 Å². The summed E-state index contributed by atoms with van der Waals surface area (Å²) in [6.45, 7) is 1.46. The van der Waals surface area contributed by atoms with Crippen molar-refractivity contribution in [2.24, 2.45) is 0 Å². The molecule has 8 aromatic rings. The summed E-state index contributed by atoms with van der Waals surface area (Å²) >= 11 is 0. The van der Waals surface area contributed by atoms with Crippen LogP contribution in [0.1, 0.15) is 43.1 Å². The second kappa shape index (κ2) is 26.2. The number of carbonyl (C=O) groups excluding carboxylic acids is 4. The number of oxazole rings is 1. The lowest BCUT2D eigenvalue weighted by Crippen LogP contribution is -2.30. The fraction of sp³-hybridized carbons (Fsp3) is 0.175. The fourth-order valence-electron chi connectivity index (χ4n) is 7.54. The number of hydrogen-bond donors (Lipinski definition) is 4. The summed E-state index contributed by atoms with van der Waals surface area (Å²) in [6.07, 6.45) is 3.60. The number of anilines is 3. The topological polar surface area (TPSA) is 198 Å². The van der Waals surface area contributed by atoms with E-state index in [0.717, 1.165) is 28.3 Å². The molecule has 16 nitrogen and oxygen atoms in total. The summed E-state index contributed by atoms with van der Waals surface area (Å²) in [6, 6.07) is 47.9. The van der Waals surface area contributed by atoms with Gasteiger partial charge in [-0.25, -0.2) is 9.78 Å². The van der Waals surface area contributed by atoms with Crippen LogP contribution >= 0.6 is 0 Å². The highest BCUT2D eigenvalue weighted by molar-refractivity contribution is 6.08. The van der Waals surface area contributed by atoms with E-state index in [1.165, 1.54) is 13.5 Å². The molecule has 1 atom stereocenters. The molecule has 374 valence electrons. The molecule has 0 aliphatic carbocycles. The second-order valence-corrected chi connectivity index (χ2v) is 16.1. The van der Waals surface area contributed by atoms with Crippen LogP contribution in [0.5, 0.6) is 23.0 Å². The van der Waals surface area contributed by atoms with Crippen LogP contribution in [0.15, 0.2) is 175 Å². The Hall–Kier alpha value is -9.15. The Morgan fingerprint density at radius 1 is 0.589 bits per heavy atom. The Bertz CT molecular complexity index is 3120. The summed E-state index contributed by atoms with van der Waals surface area (Å²) in [5, 5.41) is 13.5. The minimum Gasteiger partial charge on any atom is -0.496 e. The third kappa shape index (κ3) is 14.5. The first kappa shape index (κ1) is 51.7. The van der Waals surface area contributed by atoms with E-state index in [9.17, 15) is 19.2 Å². The zero-order chi connectivity index (χ0) is 51.4. The van der Waals surface area contributed by atoms with E-state index in [4.69, 9.17) is 32.8 Å². The van der Waals surface area contributed by atoms with Gasteiger partial charge in [0, 0.05) is 35.8 Å². The van der Waals surface area contributed by atoms with Gasteiger partial charge in [-0.2, -0.15) is 0 Å². The van der Waals surface area contributed by atoms with Gasteiger partial charge in [0.2, 0.25) is 0 Å². The van der Waals surface area contributed by atoms with E-state index in [1.54, 1.807) is 88.2 Å². The quantitative estimate of drug-likeness (QED) is 0.0759. The number of rotatable bonds is 15. The fourth-order valence-corrected chi connectivity index (χ4v) is 7.54. The summed E-state index contributed by atoms with van der Waals surface area (Å²) in [7, 11) is 6.24. The molecule has 0 saturated carbocycles. The number of amides is 4. The molecule has 0 unspecified atom stereocenters. The van der Waals surface area contributed by atoms with Crippen molar-refractivity contribution in [2.45, 2.75) is 18.9 Å². The second-order valence-electron chi connectivity index (χ2n) is 16.1. The Balaban J connectivity index is 0.000000169. The predicted octanol–water partition coefficient (Wildman–Crippen LogP) is 10.7. The number of fused-ring (bicyclic) bond motifs is 1. The molecule has 16 heteroatoms. The van der Waals surface area contributed by atoms with Crippen molar-refractivity contribution in [1.29, 1.82) is 0 Å². The minimum absolute atomic E-state index is 0.148. The van der Waals surface area contributed by atoms with Gasteiger partial charge in [0.05, 0.1) is 70.4 Å². The lowest BCUT2D eigenvalue weighted by molar-refractivity contribution is 0.0832. The molecule has 2 heterocycles. The van der Waals surface area contributed by atoms with Gasteiger partial charge in [-0.15, -0.1) is 0 Å². The number of alkyl carbamates (subject to hydrolysis) is 1. The maximum Gasteiger partial charge on any atom is 0.407 e. The van der Waals surface area contributed by atoms with Crippen molar-refractivity contribution in [3.8, 4) is 34.3 Å². The first-order valence-corrected chi connectivity index (χ1v) is 23.2. The molecule has 1 saturated heterocycles. The summed E-state index contributed by atoms with van der Waals surface area (Å²) in [5.74, 6) is 2.30. The molecule has 4 N–H and O–H groups in total. The van der Waals surface area contributed by atoms with Gasteiger partial charge >= 0.3 is 6.09 Å². The predicted molar refractivity (Wildman–Crippen MR) is 279 cm³/mol. The first-order valence-electron chi connectivity index (χ1n) is 23.2. The van der Waals surface area contributed by atoms with Crippen molar-refractivity contribution in [2.75, 3.05) is 64.1 Å². The number of para-hydroxylation sites is 5. The molecule has 4 amide bonds. The molecule has 1 fully saturated rings. The molecular formula is C57H55N5O11. The monoisotopic (exact) mass is 985 g/mol. The standard InChI is InChI=1S/C24H25N3O6.C18H15NO2.C15H15NO3/c1-30-21-12-18(5-6-20(21)22-13-25-15-32-22)27-23(28)17-4-2-3-16(11-17)7-9-26-24(29)33-19-8-10-31-14-19;1-21-17-9-5-4-8-16(17)19-18(20)15-11-10-13-6-2-3-7-14(13)12-15;1-18-13-9-5-3-7-11(13)15(17)16-12-8-4-6-10-14(12)19-2/h2-6,11-13,15,19H,7-10,14H2,1H3,(H,26,29)(H,27,28);2-12H,1H3,(H,19,20);3-10H,1-2H3,(H,16,17)/t19-;;/m0../s1. The number of benzene rings is 7. The molecule has 0 bridgehead atoms. The van der Waals surface area contributed by atoms with Crippen LogP contribution in [0.3, 0.4) is 0 Å². The molecular weight excluding hydrogens is 931 g/mol. The van der Waals surface area contributed by atoms with Gasteiger partial charge in [0.1, 0.15) is 29.1 Å². The maximum absolute atomic E-state index is 12.8. The molecule has 1 aromatic heterocycles. The largest absolute Gasteiger partial charge is 0.496 e.